The third-order valence-corrected chi connectivity index (χ3v) is 6.38. The number of nitrogens with one attached hydrogen (secondary N) is 4. The summed E-state index contributed by atoms with van der Waals surface area (Å²) in [6.45, 7) is 5.86. The smallest absolute Gasteiger partial charge is 0.242 e. The molecule has 0 bridgehead atoms. The molecule has 0 fully saturated rings. The summed E-state index contributed by atoms with van der Waals surface area (Å²) in [5, 5.41) is 11.8. The molecular formula is C30H38N6O3. The first-order chi connectivity index (χ1) is 18.7. The average Bonchev–Trinajstić information content (AvgIpc) is 2.91. The van der Waals surface area contributed by atoms with Crippen LogP contribution in [0.2, 0.25) is 0 Å². The van der Waals surface area contributed by atoms with Crippen molar-refractivity contribution in [2.75, 3.05) is 17.6 Å². The van der Waals surface area contributed by atoms with Crippen LogP contribution in [0.4, 0.5) is 11.5 Å². The third kappa shape index (κ3) is 9.86. The van der Waals surface area contributed by atoms with Crippen LogP contribution >= 0.6 is 0 Å². The van der Waals surface area contributed by atoms with Crippen LogP contribution in [0.3, 0.4) is 0 Å². The highest BCUT2D eigenvalue weighted by Gasteiger charge is 2.22. The summed E-state index contributed by atoms with van der Waals surface area (Å²) >= 11 is 0. The number of carbonyl (C=O) groups excluding carboxylic acids is 3. The van der Waals surface area contributed by atoms with Gasteiger partial charge in [0.1, 0.15) is 11.9 Å². The topological polar surface area (TPSA) is 138 Å². The molecule has 0 aliphatic carbocycles. The Bertz CT molecular complexity index is 1250. The maximum atomic E-state index is 13.2. The Balaban J connectivity index is 1.55. The molecule has 2 unspecified atom stereocenters. The second kappa shape index (κ2) is 14.6. The van der Waals surface area contributed by atoms with E-state index in [-0.39, 0.29) is 17.7 Å². The molecule has 2 aromatic carbocycles. The van der Waals surface area contributed by atoms with Gasteiger partial charge in [-0.05, 0) is 74.5 Å². The van der Waals surface area contributed by atoms with Crippen molar-refractivity contribution in [3.63, 3.8) is 0 Å². The van der Waals surface area contributed by atoms with Crippen molar-refractivity contribution in [1.29, 1.82) is 0 Å². The van der Waals surface area contributed by atoms with Gasteiger partial charge >= 0.3 is 0 Å². The van der Waals surface area contributed by atoms with E-state index in [0.717, 1.165) is 34.5 Å². The number of amides is 3. The van der Waals surface area contributed by atoms with Gasteiger partial charge in [-0.2, -0.15) is 0 Å². The molecule has 2 atom stereocenters. The van der Waals surface area contributed by atoms with Crippen LogP contribution in [0, 0.1) is 6.92 Å². The van der Waals surface area contributed by atoms with Gasteiger partial charge in [-0.25, -0.2) is 4.98 Å². The van der Waals surface area contributed by atoms with Crippen LogP contribution in [0.1, 0.15) is 42.7 Å². The molecule has 0 saturated carbocycles. The summed E-state index contributed by atoms with van der Waals surface area (Å²) in [4.78, 5) is 41.4. The zero-order valence-electron chi connectivity index (χ0n) is 22.8. The van der Waals surface area contributed by atoms with Gasteiger partial charge in [-0.1, -0.05) is 48.5 Å². The van der Waals surface area contributed by atoms with Crippen molar-refractivity contribution in [3.05, 3.63) is 89.1 Å². The molecule has 6 N–H and O–H groups in total. The van der Waals surface area contributed by atoms with Gasteiger partial charge in [0, 0.05) is 24.8 Å². The molecular weight excluding hydrogens is 492 g/mol. The van der Waals surface area contributed by atoms with E-state index in [1.54, 1.807) is 13.0 Å². The second-order valence-electron chi connectivity index (χ2n) is 9.59. The fraction of sp³-hybridized carbons (Fsp3) is 0.333. The summed E-state index contributed by atoms with van der Waals surface area (Å²) in [5.74, 6) is -0.184. The highest BCUT2D eigenvalue weighted by molar-refractivity contribution is 5.89. The minimum atomic E-state index is -0.707. The number of hydrogen-bond acceptors (Lipinski definition) is 6. The number of nitrogens with two attached hydrogens (primary N) is 1. The number of nitrogens with zero attached hydrogens (tertiary/aromatic N) is 1. The minimum absolute atomic E-state index is 0.114. The van der Waals surface area contributed by atoms with Gasteiger partial charge in [0.25, 0.3) is 0 Å². The van der Waals surface area contributed by atoms with E-state index in [0.29, 0.717) is 31.7 Å². The summed E-state index contributed by atoms with van der Waals surface area (Å²) < 4.78 is 0. The zero-order chi connectivity index (χ0) is 28.2. The van der Waals surface area contributed by atoms with Crippen molar-refractivity contribution in [2.24, 2.45) is 0 Å². The minimum Gasteiger partial charge on any atom is -0.384 e. The van der Waals surface area contributed by atoms with Gasteiger partial charge < -0.3 is 27.0 Å². The highest BCUT2D eigenvalue weighted by Crippen LogP contribution is 2.11. The lowest BCUT2D eigenvalue weighted by Gasteiger charge is -2.21. The molecule has 39 heavy (non-hydrogen) atoms. The van der Waals surface area contributed by atoms with Crippen molar-refractivity contribution in [1.82, 2.24) is 20.9 Å². The predicted octanol–water partition coefficient (Wildman–Crippen LogP) is 2.89. The van der Waals surface area contributed by atoms with E-state index in [2.05, 4.69) is 26.3 Å². The molecule has 0 saturated heterocycles. The lowest BCUT2D eigenvalue weighted by molar-refractivity contribution is -0.129. The lowest BCUT2D eigenvalue weighted by atomic mass is 10.0. The Hall–Kier alpha value is -4.24. The Labute approximate surface area is 230 Å². The molecule has 3 amide bonds. The summed E-state index contributed by atoms with van der Waals surface area (Å²) in [6.07, 6.45) is 2.02. The number of anilines is 2. The largest absolute Gasteiger partial charge is 0.384 e. The third-order valence-electron chi connectivity index (χ3n) is 6.38. The maximum absolute atomic E-state index is 13.2. The quantitative estimate of drug-likeness (QED) is 0.230. The normalized spacial score (nSPS) is 12.3. The molecule has 1 heterocycles. The van der Waals surface area contributed by atoms with E-state index in [9.17, 15) is 14.4 Å². The van der Waals surface area contributed by atoms with Crippen LogP contribution in [-0.4, -0.2) is 41.3 Å². The van der Waals surface area contributed by atoms with E-state index in [1.807, 2.05) is 67.6 Å². The number of rotatable bonds is 13. The zero-order valence-corrected chi connectivity index (χ0v) is 22.8. The SMILES string of the molecule is CC(=O)Nc1ccc(CCNC(CCc2ccccc2)C(=O)NC(C)C(=O)NCc2ccc(N)nc2C)cc1. The van der Waals surface area contributed by atoms with E-state index >= 15 is 0 Å². The molecule has 1 aromatic heterocycles. The molecule has 9 heteroatoms. The van der Waals surface area contributed by atoms with Crippen molar-refractivity contribution in [2.45, 2.75) is 58.7 Å². The first kappa shape index (κ1) is 29.3. The van der Waals surface area contributed by atoms with Gasteiger partial charge in [0.15, 0.2) is 0 Å². The number of benzene rings is 2. The summed E-state index contributed by atoms with van der Waals surface area (Å²) in [6, 6.07) is 20.0. The van der Waals surface area contributed by atoms with Gasteiger partial charge in [-0.15, -0.1) is 0 Å². The van der Waals surface area contributed by atoms with Crippen LogP contribution in [0.5, 0.6) is 0 Å². The number of aromatic nitrogens is 1. The first-order valence-corrected chi connectivity index (χ1v) is 13.1. The standard InChI is InChI=1S/C30H38N6O3/c1-20-25(12-16-28(31)34-20)19-33-29(38)21(2)35-30(39)27(15-11-23-7-5-4-6-8-23)32-18-17-24-9-13-26(14-10-24)36-22(3)37/h4-10,12-14,16,21,27,32H,11,15,17-19H2,1-3H3,(H2,31,34)(H,33,38)(H,35,39)(H,36,37). The maximum Gasteiger partial charge on any atom is 0.242 e. The van der Waals surface area contributed by atoms with Crippen LogP contribution < -0.4 is 27.0 Å². The summed E-state index contributed by atoms with van der Waals surface area (Å²) in [5.41, 5.74) is 10.3. The second-order valence-corrected chi connectivity index (χ2v) is 9.59. The molecule has 0 aliphatic heterocycles. The molecule has 0 spiro atoms. The van der Waals surface area contributed by atoms with E-state index < -0.39 is 12.1 Å². The molecule has 3 rings (SSSR count). The number of nitrogen functional groups attached to an aromatic ring is 1. The van der Waals surface area contributed by atoms with Crippen molar-refractivity contribution >= 4 is 29.2 Å². The van der Waals surface area contributed by atoms with Gasteiger partial charge in [0.05, 0.1) is 6.04 Å². The number of pyridine rings is 1. The predicted molar refractivity (Wildman–Crippen MR) is 154 cm³/mol. The molecule has 0 aliphatic rings. The van der Waals surface area contributed by atoms with Crippen molar-refractivity contribution < 1.29 is 14.4 Å². The van der Waals surface area contributed by atoms with E-state index in [4.69, 9.17) is 5.73 Å². The highest BCUT2D eigenvalue weighted by atomic mass is 16.2. The lowest BCUT2D eigenvalue weighted by Crippen LogP contribution is -2.52. The fourth-order valence-corrected chi connectivity index (χ4v) is 4.14. The van der Waals surface area contributed by atoms with E-state index in [1.165, 1.54) is 6.92 Å². The monoisotopic (exact) mass is 530 g/mol. The number of carbonyl (C=O) groups is 3. The van der Waals surface area contributed by atoms with Crippen molar-refractivity contribution in [3.8, 4) is 0 Å². The first-order valence-electron chi connectivity index (χ1n) is 13.1. The molecule has 206 valence electrons. The number of hydrogen-bond donors (Lipinski definition) is 5. The molecule has 3 aromatic rings. The van der Waals surface area contributed by atoms with Gasteiger partial charge in [0.2, 0.25) is 17.7 Å². The average molecular weight is 531 g/mol. The van der Waals surface area contributed by atoms with Crippen LogP contribution in [0.15, 0.2) is 66.7 Å². The Morgan fingerprint density at radius 2 is 1.59 bits per heavy atom. The molecule has 0 radical (unpaired) electrons. The Morgan fingerprint density at radius 1 is 0.897 bits per heavy atom. The fourth-order valence-electron chi connectivity index (χ4n) is 4.14. The Morgan fingerprint density at radius 3 is 2.26 bits per heavy atom. The van der Waals surface area contributed by atoms with Gasteiger partial charge in [-0.3, -0.25) is 14.4 Å². The molecule has 9 nitrogen and oxygen atoms in total. The van der Waals surface area contributed by atoms with Crippen LogP contribution in [0.25, 0.3) is 0 Å². The Kier molecular flexibility index (Phi) is 11.0. The summed E-state index contributed by atoms with van der Waals surface area (Å²) in [7, 11) is 0. The van der Waals surface area contributed by atoms with Crippen LogP contribution in [-0.2, 0) is 33.8 Å². The number of aryl methyl sites for hydroxylation is 2.